The van der Waals surface area contributed by atoms with Crippen LogP contribution in [0.1, 0.15) is 26.2 Å². The molecule has 1 aliphatic heterocycles. The summed E-state index contributed by atoms with van der Waals surface area (Å²) in [6, 6.07) is 0.0394. The van der Waals surface area contributed by atoms with Crippen LogP contribution in [0.2, 0.25) is 0 Å². The highest BCUT2D eigenvalue weighted by atomic mass is 32.2. The number of amides is 1. The normalized spacial score (nSPS) is 34.9. The maximum absolute atomic E-state index is 11.8. The molecule has 2 aliphatic rings. The Morgan fingerprint density at radius 1 is 1.50 bits per heavy atom. The summed E-state index contributed by atoms with van der Waals surface area (Å²) in [4.78, 5) is 11.8. The Labute approximate surface area is 102 Å². The first-order chi connectivity index (χ1) is 7.75. The van der Waals surface area contributed by atoms with E-state index in [-0.39, 0.29) is 11.9 Å². The molecular formula is C12H22N2OS. The Kier molecular flexibility index (Phi) is 4.53. The second-order valence-corrected chi connectivity index (χ2v) is 6.26. The molecule has 0 bridgehead atoms. The van der Waals surface area contributed by atoms with Crippen molar-refractivity contribution in [3.63, 3.8) is 0 Å². The number of hydrogen-bond acceptors (Lipinski definition) is 3. The highest BCUT2D eigenvalue weighted by Gasteiger charge is 2.24. The maximum atomic E-state index is 11.8. The van der Waals surface area contributed by atoms with Crippen LogP contribution in [0.5, 0.6) is 0 Å². The first-order valence-electron chi connectivity index (χ1n) is 6.34. The van der Waals surface area contributed by atoms with E-state index in [4.69, 9.17) is 0 Å². The number of rotatable bonds is 3. The van der Waals surface area contributed by atoms with Crippen LogP contribution in [0.4, 0.5) is 0 Å². The van der Waals surface area contributed by atoms with Gasteiger partial charge in [0.25, 0.3) is 0 Å². The Hall–Kier alpha value is -0.220. The van der Waals surface area contributed by atoms with Crippen LogP contribution in [0.3, 0.4) is 0 Å². The van der Waals surface area contributed by atoms with E-state index in [1.54, 1.807) is 0 Å². The molecule has 2 N–H and O–H groups in total. The summed E-state index contributed by atoms with van der Waals surface area (Å²) >= 11 is 1.87. The molecule has 1 amide bonds. The lowest BCUT2D eigenvalue weighted by Crippen LogP contribution is -2.49. The Morgan fingerprint density at radius 3 is 3.00 bits per heavy atom. The third kappa shape index (κ3) is 3.39. The molecule has 0 aromatic carbocycles. The molecular weight excluding hydrogens is 220 g/mol. The molecule has 4 heteroatoms. The van der Waals surface area contributed by atoms with E-state index >= 15 is 0 Å². The van der Waals surface area contributed by atoms with Gasteiger partial charge in [0.15, 0.2) is 0 Å². The molecule has 3 atom stereocenters. The van der Waals surface area contributed by atoms with E-state index in [2.05, 4.69) is 17.6 Å². The van der Waals surface area contributed by atoms with Crippen LogP contribution in [0, 0.1) is 11.8 Å². The zero-order valence-electron chi connectivity index (χ0n) is 10.00. The molecule has 3 nitrogen and oxygen atoms in total. The molecule has 3 unspecified atom stereocenters. The number of nitrogens with one attached hydrogen (secondary N) is 2. The van der Waals surface area contributed by atoms with Crippen molar-refractivity contribution in [2.24, 2.45) is 11.8 Å². The maximum Gasteiger partial charge on any atom is 0.238 e. The van der Waals surface area contributed by atoms with Gasteiger partial charge in [0.05, 0.1) is 6.04 Å². The molecule has 2 fully saturated rings. The van der Waals surface area contributed by atoms with Crippen molar-refractivity contribution in [2.75, 3.05) is 24.6 Å². The lowest BCUT2D eigenvalue weighted by atomic mass is 10.1. The average Bonchev–Trinajstić information content (AvgIpc) is 2.73. The molecule has 1 saturated carbocycles. The SMILES string of the molecule is CC1CCC(CNC(=O)C2CSCCN2)C1. The monoisotopic (exact) mass is 242 g/mol. The predicted octanol–water partition coefficient (Wildman–Crippen LogP) is 1.24. The summed E-state index contributed by atoms with van der Waals surface area (Å²) in [5.41, 5.74) is 0. The summed E-state index contributed by atoms with van der Waals surface area (Å²) < 4.78 is 0. The molecule has 16 heavy (non-hydrogen) atoms. The van der Waals surface area contributed by atoms with Gasteiger partial charge in [-0.05, 0) is 24.7 Å². The predicted molar refractivity (Wildman–Crippen MR) is 68.6 cm³/mol. The summed E-state index contributed by atoms with van der Waals surface area (Å²) in [6.07, 6.45) is 3.90. The van der Waals surface area contributed by atoms with Crippen LogP contribution in [-0.2, 0) is 4.79 Å². The zero-order valence-corrected chi connectivity index (χ0v) is 10.8. The fraction of sp³-hybridized carbons (Fsp3) is 0.917. The van der Waals surface area contributed by atoms with Crippen molar-refractivity contribution in [1.29, 1.82) is 0 Å². The van der Waals surface area contributed by atoms with Gasteiger partial charge in [0.2, 0.25) is 5.91 Å². The molecule has 0 aromatic heterocycles. The number of thioether (sulfide) groups is 1. The van der Waals surface area contributed by atoms with Gasteiger partial charge in [-0.1, -0.05) is 13.3 Å². The molecule has 1 saturated heterocycles. The third-order valence-corrected chi connectivity index (χ3v) is 4.67. The quantitative estimate of drug-likeness (QED) is 0.782. The van der Waals surface area contributed by atoms with E-state index in [1.165, 1.54) is 19.3 Å². The first kappa shape index (κ1) is 12.2. The van der Waals surface area contributed by atoms with Gasteiger partial charge < -0.3 is 10.6 Å². The van der Waals surface area contributed by atoms with Crippen LogP contribution in [-0.4, -0.2) is 36.5 Å². The summed E-state index contributed by atoms with van der Waals surface area (Å²) in [5, 5.41) is 6.37. The molecule has 1 aliphatic carbocycles. The highest BCUT2D eigenvalue weighted by molar-refractivity contribution is 7.99. The first-order valence-corrected chi connectivity index (χ1v) is 7.50. The zero-order chi connectivity index (χ0) is 11.4. The molecule has 0 spiro atoms. The van der Waals surface area contributed by atoms with Gasteiger partial charge in [0, 0.05) is 24.6 Å². The minimum atomic E-state index is 0.0394. The van der Waals surface area contributed by atoms with Crippen molar-refractivity contribution >= 4 is 17.7 Å². The standard InChI is InChI=1S/C12H22N2OS/c1-9-2-3-10(6-9)7-14-12(15)11-8-16-5-4-13-11/h9-11,13H,2-8H2,1H3,(H,14,15). The van der Waals surface area contributed by atoms with Crippen LogP contribution >= 0.6 is 11.8 Å². The van der Waals surface area contributed by atoms with Crippen molar-refractivity contribution < 1.29 is 4.79 Å². The summed E-state index contributed by atoms with van der Waals surface area (Å²) in [6.45, 7) is 4.15. The Bertz CT molecular complexity index is 241. The van der Waals surface area contributed by atoms with Gasteiger partial charge in [-0.3, -0.25) is 4.79 Å². The number of hydrogen-bond donors (Lipinski definition) is 2. The summed E-state index contributed by atoms with van der Waals surface area (Å²) in [7, 11) is 0. The van der Waals surface area contributed by atoms with E-state index in [0.29, 0.717) is 0 Å². The van der Waals surface area contributed by atoms with E-state index in [1.807, 2.05) is 11.8 Å². The van der Waals surface area contributed by atoms with Crippen LogP contribution < -0.4 is 10.6 Å². The molecule has 0 radical (unpaired) electrons. The van der Waals surface area contributed by atoms with Crippen molar-refractivity contribution in [3.8, 4) is 0 Å². The minimum absolute atomic E-state index is 0.0394. The third-order valence-electron chi connectivity index (χ3n) is 3.61. The number of carbonyl (C=O) groups excluding carboxylic acids is 1. The molecule has 92 valence electrons. The Balaban J connectivity index is 1.66. The average molecular weight is 242 g/mol. The lowest BCUT2D eigenvalue weighted by Gasteiger charge is -2.23. The van der Waals surface area contributed by atoms with Crippen molar-refractivity contribution in [1.82, 2.24) is 10.6 Å². The van der Waals surface area contributed by atoms with Gasteiger partial charge in [0.1, 0.15) is 0 Å². The molecule has 0 aromatic rings. The van der Waals surface area contributed by atoms with E-state index < -0.39 is 0 Å². The van der Waals surface area contributed by atoms with Crippen molar-refractivity contribution in [2.45, 2.75) is 32.2 Å². The fourth-order valence-corrected chi connectivity index (χ4v) is 3.55. The van der Waals surface area contributed by atoms with Crippen LogP contribution in [0.25, 0.3) is 0 Å². The van der Waals surface area contributed by atoms with Crippen molar-refractivity contribution in [3.05, 3.63) is 0 Å². The van der Waals surface area contributed by atoms with Crippen LogP contribution in [0.15, 0.2) is 0 Å². The fourth-order valence-electron chi connectivity index (χ4n) is 2.61. The van der Waals surface area contributed by atoms with Gasteiger partial charge in [-0.2, -0.15) is 11.8 Å². The second-order valence-electron chi connectivity index (χ2n) is 5.11. The second kappa shape index (κ2) is 5.92. The van der Waals surface area contributed by atoms with Gasteiger partial charge in [-0.15, -0.1) is 0 Å². The lowest BCUT2D eigenvalue weighted by molar-refractivity contribution is -0.122. The number of carbonyl (C=O) groups is 1. The van der Waals surface area contributed by atoms with Gasteiger partial charge in [-0.25, -0.2) is 0 Å². The largest absolute Gasteiger partial charge is 0.354 e. The smallest absolute Gasteiger partial charge is 0.238 e. The van der Waals surface area contributed by atoms with Gasteiger partial charge >= 0.3 is 0 Å². The molecule has 2 rings (SSSR count). The molecule has 1 heterocycles. The minimum Gasteiger partial charge on any atom is -0.354 e. The van der Waals surface area contributed by atoms with E-state index in [9.17, 15) is 4.79 Å². The highest BCUT2D eigenvalue weighted by Crippen LogP contribution is 2.29. The summed E-state index contributed by atoms with van der Waals surface area (Å²) in [5.74, 6) is 3.82. The Morgan fingerprint density at radius 2 is 2.38 bits per heavy atom. The topological polar surface area (TPSA) is 41.1 Å². The van der Waals surface area contributed by atoms with E-state index in [0.717, 1.165) is 36.4 Å².